The Balaban J connectivity index is 3.31. The molecular weight excluding hydrogens is 259 g/mol. The topological polar surface area (TPSA) is 4.36 Å². The van der Waals surface area contributed by atoms with Crippen LogP contribution < -0.4 is 0 Å². The lowest BCUT2D eigenvalue weighted by molar-refractivity contribution is -0.138. The van der Waals surface area contributed by atoms with Crippen molar-refractivity contribution in [2.75, 3.05) is 0 Å². The van der Waals surface area contributed by atoms with Crippen LogP contribution in [0, 0.1) is 6.57 Å². The lowest BCUT2D eigenvalue weighted by atomic mass is 10.1. The molecule has 0 saturated heterocycles. The first-order valence-electron chi connectivity index (χ1n) is 3.62. The highest BCUT2D eigenvalue weighted by Crippen LogP contribution is 2.35. The van der Waals surface area contributed by atoms with Crippen molar-refractivity contribution in [1.82, 2.24) is 0 Å². The Morgan fingerprint density at radius 2 is 2.00 bits per heavy atom. The van der Waals surface area contributed by atoms with Gasteiger partial charge in [-0.1, -0.05) is 28.1 Å². The number of hydrogen-bond donors (Lipinski definition) is 0. The van der Waals surface area contributed by atoms with Crippen LogP contribution in [0.4, 0.5) is 18.9 Å². The summed E-state index contributed by atoms with van der Waals surface area (Å²) in [5.74, 6) is 0. The zero-order chi connectivity index (χ0) is 10.8. The van der Waals surface area contributed by atoms with Gasteiger partial charge in [-0.3, -0.25) is 0 Å². The average molecular weight is 264 g/mol. The van der Waals surface area contributed by atoms with Gasteiger partial charge < -0.3 is 0 Å². The van der Waals surface area contributed by atoms with Crippen molar-refractivity contribution in [3.63, 3.8) is 0 Å². The second-order valence-corrected chi connectivity index (χ2v) is 3.15. The highest BCUT2D eigenvalue weighted by molar-refractivity contribution is 9.08. The summed E-state index contributed by atoms with van der Waals surface area (Å²) >= 11 is 2.97. The van der Waals surface area contributed by atoms with Gasteiger partial charge in [0, 0.05) is 10.9 Å². The molecule has 0 saturated carbocycles. The van der Waals surface area contributed by atoms with Crippen LogP contribution in [0.3, 0.4) is 0 Å². The summed E-state index contributed by atoms with van der Waals surface area (Å²) in [4.78, 5) is 2.95. The normalized spacial score (nSPS) is 11.1. The van der Waals surface area contributed by atoms with E-state index in [9.17, 15) is 13.2 Å². The first-order chi connectivity index (χ1) is 6.49. The molecule has 74 valence electrons. The summed E-state index contributed by atoms with van der Waals surface area (Å²) in [6, 6.07) is 3.55. The fourth-order valence-electron chi connectivity index (χ4n) is 1.01. The maximum Gasteiger partial charge on any atom is 0.415 e. The molecule has 0 bridgehead atoms. The molecule has 1 nitrogen and oxygen atoms in total. The number of benzene rings is 1. The van der Waals surface area contributed by atoms with Crippen molar-refractivity contribution in [3.8, 4) is 0 Å². The smallest absolute Gasteiger partial charge is 0.238 e. The lowest BCUT2D eigenvalue weighted by Gasteiger charge is -2.11. The molecule has 14 heavy (non-hydrogen) atoms. The van der Waals surface area contributed by atoms with E-state index < -0.39 is 11.7 Å². The molecule has 0 aliphatic rings. The fourth-order valence-corrected chi connectivity index (χ4v) is 1.50. The van der Waals surface area contributed by atoms with Crippen molar-refractivity contribution >= 4 is 21.6 Å². The highest BCUT2D eigenvalue weighted by Gasteiger charge is 2.32. The quantitative estimate of drug-likeness (QED) is 0.530. The monoisotopic (exact) mass is 263 g/mol. The van der Waals surface area contributed by atoms with E-state index >= 15 is 0 Å². The molecule has 0 aromatic heterocycles. The summed E-state index contributed by atoms with van der Waals surface area (Å²) in [5.41, 5.74) is -0.602. The predicted octanol–water partition coefficient (Wildman–Crippen LogP) is 4.15. The van der Waals surface area contributed by atoms with Crippen molar-refractivity contribution in [3.05, 3.63) is 40.7 Å². The van der Waals surface area contributed by atoms with E-state index in [1.54, 1.807) is 0 Å². The second-order valence-electron chi connectivity index (χ2n) is 2.58. The van der Waals surface area contributed by atoms with Gasteiger partial charge in [0.25, 0.3) is 0 Å². The molecule has 1 aromatic rings. The predicted molar refractivity (Wildman–Crippen MR) is 50.3 cm³/mol. The van der Waals surface area contributed by atoms with Gasteiger partial charge in [0.1, 0.15) is 0 Å². The first kappa shape index (κ1) is 11.1. The van der Waals surface area contributed by atoms with Crippen LogP contribution in [-0.2, 0) is 11.5 Å². The van der Waals surface area contributed by atoms with Crippen LogP contribution in [0.15, 0.2) is 18.2 Å². The molecule has 0 spiro atoms. The fraction of sp³-hybridized carbons (Fsp3) is 0.222. The van der Waals surface area contributed by atoms with E-state index in [4.69, 9.17) is 6.57 Å². The Kier molecular flexibility index (Phi) is 3.17. The molecule has 0 radical (unpaired) electrons. The molecule has 1 aromatic carbocycles. The van der Waals surface area contributed by atoms with Crippen molar-refractivity contribution < 1.29 is 13.2 Å². The third-order valence-electron chi connectivity index (χ3n) is 1.67. The maximum atomic E-state index is 12.4. The summed E-state index contributed by atoms with van der Waals surface area (Å²) in [5, 5.41) is 0.125. The molecule has 0 atom stereocenters. The number of halogens is 4. The molecule has 0 N–H and O–H groups in total. The minimum atomic E-state index is -4.40. The van der Waals surface area contributed by atoms with Gasteiger partial charge in [-0.15, -0.1) is 0 Å². The van der Waals surface area contributed by atoms with Gasteiger partial charge in [0.05, 0.1) is 6.57 Å². The Hall–Kier alpha value is -1.02. The molecule has 1 rings (SSSR count). The third kappa shape index (κ3) is 2.26. The summed E-state index contributed by atoms with van der Waals surface area (Å²) in [6.07, 6.45) is -4.40. The number of nitrogens with zero attached hydrogens (tertiary/aromatic N) is 1. The van der Waals surface area contributed by atoms with Crippen LogP contribution in [-0.4, -0.2) is 0 Å². The van der Waals surface area contributed by atoms with Gasteiger partial charge in [-0.2, -0.15) is 13.2 Å². The molecule has 0 aliphatic heterocycles. The van der Waals surface area contributed by atoms with Gasteiger partial charge in [0.15, 0.2) is 5.69 Å². The van der Waals surface area contributed by atoms with Crippen LogP contribution >= 0.6 is 15.9 Å². The van der Waals surface area contributed by atoms with E-state index in [1.807, 2.05) is 0 Å². The van der Waals surface area contributed by atoms with Crippen LogP contribution in [0.2, 0.25) is 0 Å². The van der Waals surface area contributed by atoms with Crippen molar-refractivity contribution in [2.24, 2.45) is 0 Å². The van der Waals surface area contributed by atoms with Gasteiger partial charge in [0.2, 0.25) is 0 Å². The lowest BCUT2D eigenvalue weighted by Crippen LogP contribution is -2.07. The Labute approximate surface area is 87.5 Å². The van der Waals surface area contributed by atoms with E-state index in [2.05, 4.69) is 20.8 Å². The van der Waals surface area contributed by atoms with Crippen LogP contribution in [0.5, 0.6) is 0 Å². The molecule has 0 amide bonds. The van der Waals surface area contributed by atoms with Crippen LogP contribution in [0.1, 0.15) is 11.1 Å². The van der Waals surface area contributed by atoms with Crippen molar-refractivity contribution in [1.29, 1.82) is 0 Å². The standard InChI is InChI=1S/C9H5BrF3N/c1-14-7-3-2-6(5-10)8(4-7)9(11,12)13/h2-4H,5H2. The van der Waals surface area contributed by atoms with Gasteiger partial charge in [-0.25, -0.2) is 4.85 Å². The SMILES string of the molecule is [C-]#[N+]c1ccc(CBr)c(C(F)(F)F)c1. The zero-order valence-electron chi connectivity index (χ0n) is 6.90. The van der Waals surface area contributed by atoms with E-state index in [-0.39, 0.29) is 16.6 Å². The number of rotatable bonds is 1. The first-order valence-corrected chi connectivity index (χ1v) is 4.74. The largest absolute Gasteiger partial charge is 0.415 e. The van der Waals surface area contributed by atoms with Crippen molar-refractivity contribution in [2.45, 2.75) is 11.5 Å². The van der Waals surface area contributed by atoms with E-state index in [0.717, 1.165) is 6.07 Å². The minimum absolute atomic E-state index is 0.00188. The van der Waals surface area contributed by atoms with Crippen LogP contribution in [0.25, 0.3) is 4.85 Å². The van der Waals surface area contributed by atoms with E-state index in [0.29, 0.717) is 0 Å². The second kappa shape index (κ2) is 4.01. The molecular formula is C9H5BrF3N. The molecule has 5 heteroatoms. The number of alkyl halides is 4. The highest BCUT2D eigenvalue weighted by atomic mass is 79.9. The molecule has 0 fully saturated rings. The van der Waals surface area contributed by atoms with Gasteiger partial charge >= 0.3 is 6.18 Å². The summed E-state index contributed by atoms with van der Waals surface area (Å²) in [7, 11) is 0. The number of hydrogen-bond acceptors (Lipinski definition) is 0. The molecule has 0 heterocycles. The van der Waals surface area contributed by atoms with Gasteiger partial charge in [-0.05, 0) is 11.6 Å². The zero-order valence-corrected chi connectivity index (χ0v) is 8.48. The Morgan fingerprint density at radius 1 is 1.36 bits per heavy atom. The summed E-state index contributed by atoms with van der Waals surface area (Å²) < 4.78 is 37.3. The average Bonchev–Trinajstić information content (AvgIpc) is 2.15. The third-order valence-corrected chi connectivity index (χ3v) is 2.28. The summed E-state index contributed by atoms with van der Waals surface area (Å²) in [6.45, 7) is 6.62. The maximum absolute atomic E-state index is 12.4. The molecule has 0 aliphatic carbocycles. The van der Waals surface area contributed by atoms with E-state index in [1.165, 1.54) is 12.1 Å². The molecule has 0 unspecified atom stereocenters. The Morgan fingerprint density at radius 3 is 2.43 bits per heavy atom. The Bertz CT molecular complexity index is 379. The minimum Gasteiger partial charge on any atom is -0.238 e.